The van der Waals surface area contributed by atoms with E-state index < -0.39 is 0 Å². The highest BCUT2D eigenvalue weighted by molar-refractivity contribution is 6.19. The quantitative estimate of drug-likeness (QED) is 0.795. The Bertz CT molecular complexity index is 1010. The Morgan fingerprint density at radius 2 is 2.11 bits per heavy atom. The van der Waals surface area contributed by atoms with Crippen molar-refractivity contribution in [1.82, 2.24) is 5.32 Å². The monoisotopic (exact) mass is 360 g/mol. The predicted molar refractivity (Wildman–Crippen MR) is 107 cm³/mol. The van der Waals surface area contributed by atoms with E-state index in [2.05, 4.69) is 60.9 Å². The van der Waals surface area contributed by atoms with E-state index in [4.69, 9.17) is 4.74 Å². The summed E-state index contributed by atoms with van der Waals surface area (Å²) in [5, 5.41) is 7.38. The fraction of sp³-hybridized carbons (Fsp3) is 0.348. The van der Waals surface area contributed by atoms with Crippen molar-refractivity contribution in [1.29, 1.82) is 0 Å². The second-order valence-electron chi connectivity index (χ2n) is 7.78. The lowest BCUT2D eigenvalue weighted by Gasteiger charge is -2.39. The average Bonchev–Trinajstić information content (AvgIpc) is 3.22. The number of esters is 1. The van der Waals surface area contributed by atoms with E-state index in [0.717, 1.165) is 24.2 Å². The highest BCUT2D eigenvalue weighted by Crippen LogP contribution is 2.61. The summed E-state index contributed by atoms with van der Waals surface area (Å²) in [5.41, 5.74) is 8.64. The van der Waals surface area contributed by atoms with Crippen LogP contribution in [0.15, 0.2) is 42.1 Å². The van der Waals surface area contributed by atoms with Crippen LogP contribution in [0.5, 0.6) is 0 Å². The molecular weight excluding hydrogens is 336 g/mol. The van der Waals surface area contributed by atoms with Gasteiger partial charge in [-0.25, -0.2) is 4.79 Å². The van der Waals surface area contributed by atoms with E-state index in [1.54, 1.807) is 0 Å². The number of carbonyl (C=O) groups is 1. The second kappa shape index (κ2) is 5.62. The highest BCUT2D eigenvalue weighted by Gasteiger charge is 2.57. The van der Waals surface area contributed by atoms with Gasteiger partial charge in [0.15, 0.2) is 0 Å². The van der Waals surface area contributed by atoms with Crippen molar-refractivity contribution in [3.8, 4) is 0 Å². The number of fused-ring (bicyclic) bond motifs is 3. The van der Waals surface area contributed by atoms with E-state index in [9.17, 15) is 4.79 Å². The fourth-order valence-corrected chi connectivity index (χ4v) is 5.23. The second-order valence-corrected chi connectivity index (χ2v) is 7.78. The Labute approximate surface area is 159 Å². The summed E-state index contributed by atoms with van der Waals surface area (Å²) in [7, 11) is 0. The molecule has 2 heterocycles. The number of hydrogen-bond donors (Lipinski definition) is 2. The number of anilines is 1. The molecule has 1 aliphatic carbocycles. The Balaban J connectivity index is 1.85. The Hall–Kier alpha value is -2.75. The van der Waals surface area contributed by atoms with Crippen molar-refractivity contribution in [3.63, 3.8) is 0 Å². The highest BCUT2D eigenvalue weighted by atomic mass is 16.5. The molecule has 5 rings (SSSR count). The van der Waals surface area contributed by atoms with Crippen LogP contribution in [0.1, 0.15) is 47.2 Å². The van der Waals surface area contributed by atoms with Gasteiger partial charge in [-0.15, -0.1) is 0 Å². The minimum atomic E-state index is -0.232. The van der Waals surface area contributed by atoms with Gasteiger partial charge < -0.3 is 15.4 Å². The summed E-state index contributed by atoms with van der Waals surface area (Å²) in [6, 6.07) is 13.0. The smallest absolute Gasteiger partial charge is 0.340 e. The van der Waals surface area contributed by atoms with Crippen molar-refractivity contribution in [2.24, 2.45) is 0 Å². The minimum absolute atomic E-state index is 0.131. The standard InChI is InChI=1S/C23H24N2O2/c1-4-27-22(26)18-15-9-8-13(2)12-16(15)20-23(10-11-24-21(18)23)17-7-5-6-14(3)19(17)25-20/h5-9,12,20,24-25H,4,10-11H2,1-3H3/t20-,23-/m0/s1. The number of carbonyl (C=O) groups excluding carboxylic acids is 1. The zero-order valence-corrected chi connectivity index (χ0v) is 16.0. The number of rotatable bonds is 2. The van der Waals surface area contributed by atoms with E-state index >= 15 is 0 Å². The number of ether oxygens (including phenoxy) is 1. The van der Waals surface area contributed by atoms with Gasteiger partial charge in [-0.1, -0.05) is 42.0 Å². The van der Waals surface area contributed by atoms with Crippen LogP contribution in [-0.2, 0) is 14.9 Å². The minimum Gasteiger partial charge on any atom is -0.462 e. The molecule has 0 saturated carbocycles. The van der Waals surface area contributed by atoms with Gasteiger partial charge in [0.05, 0.1) is 23.6 Å². The molecule has 0 radical (unpaired) electrons. The van der Waals surface area contributed by atoms with Crippen LogP contribution in [0, 0.1) is 13.8 Å². The lowest BCUT2D eigenvalue weighted by atomic mass is 9.65. The number of aryl methyl sites for hydroxylation is 2. The number of nitrogens with one attached hydrogen (secondary N) is 2. The number of hydrogen-bond acceptors (Lipinski definition) is 4. The molecule has 1 saturated heterocycles. The molecular formula is C23H24N2O2. The van der Waals surface area contributed by atoms with Gasteiger partial charge in [-0.05, 0) is 49.4 Å². The van der Waals surface area contributed by atoms with Gasteiger partial charge in [-0.3, -0.25) is 0 Å². The molecule has 3 aliphatic rings. The molecule has 4 heteroatoms. The van der Waals surface area contributed by atoms with Gasteiger partial charge in [0.2, 0.25) is 0 Å². The summed E-state index contributed by atoms with van der Waals surface area (Å²) >= 11 is 0. The zero-order valence-electron chi connectivity index (χ0n) is 16.0. The zero-order chi connectivity index (χ0) is 18.8. The summed E-state index contributed by atoms with van der Waals surface area (Å²) in [4.78, 5) is 13.0. The van der Waals surface area contributed by atoms with Gasteiger partial charge in [0.1, 0.15) is 0 Å². The Morgan fingerprint density at radius 3 is 2.93 bits per heavy atom. The van der Waals surface area contributed by atoms with Crippen molar-refractivity contribution >= 4 is 17.2 Å². The predicted octanol–water partition coefficient (Wildman–Crippen LogP) is 3.99. The summed E-state index contributed by atoms with van der Waals surface area (Å²) < 4.78 is 5.48. The van der Waals surface area contributed by atoms with E-state index in [-0.39, 0.29) is 17.4 Å². The van der Waals surface area contributed by atoms with Crippen LogP contribution in [0.3, 0.4) is 0 Å². The van der Waals surface area contributed by atoms with Crippen molar-refractivity contribution in [3.05, 3.63) is 69.9 Å². The van der Waals surface area contributed by atoms with E-state index in [1.165, 1.54) is 27.9 Å². The van der Waals surface area contributed by atoms with Gasteiger partial charge >= 0.3 is 5.97 Å². The first-order valence-corrected chi connectivity index (χ1v) is 9.71. The maximum absolute atomic E-state index is 13.0. The molecule has 0 amide bonds. The average molecular weight is 360 g/mol. The molecule has 4 nitrogen and oxygen atoms in total. The lowest BCUT2D eigenvalue weighted by molar-refractivity contribution is -0.136. The Kier molecular flexibility index (Phi) is 3.42. The third-order valence-electron chi connectivity index (χ3n) is 6.32. The first-order chi connectivity index (χ1) is 13.1. The van der Waals surface area contributed by atoms with Crippen LogP contribution in [0.4, 0.5) is 5.69 Å². The van der Waals surface area contributed by atoms with Gasteiger partial charge in [-0.2, -0.15) is 0 Å². The molecule has 1 fully saturated rings. The van der Waals surface area contributed by atoms with Crippen LogP contribution >= 0.6 is 0 Å². The maximum atomic E-state index is 13.0. The molecule has 27 heavy (non-hydrogen) atoms. The third-order valence-corrected chi connectivity index (χ3v) is 6.32. The van der Waals surface area contributed by atoms with E-state index in [1.807, 2.05) is 6.92 Å². The summed E-state index contributed by atoms with van der Waals surface area (Å²) in [6.45, 7) is 7.35. The van der Waals surface area contributed by atoms with Crippen LogP contribution in [0.2, 0.25) is 0 Å². The number of benzene rings is 2. The van der Waals surface area contributed by atoms with E-state index in [0.29, 0.717) is 12.2 Å². The molecule has 2 aliphatic heterocycles. The first-order valence-electron chi connectivity index (χ1n) is 9.71. The normalized spacial score (nSPS) is 24.3. The SMILES string of the molecule is CCOC(=O)C1=C2NCC[C@@]23c2cccc(C)c2N[C@H]3c2cc(C)ccc21. The topological polar surface area (TPSA) is 50.4 Å². The lowest BCUT2D eigenvalue weighted by Crippen LogP contribution is -2.38. The summed E-state index contributed by atoms with van der Waals surface area (Å²) in [6.07, 6.45) is 0.965. The maximum Gasteiger partial charge on any atom is 0.340 e. The first kappa shape index (κ1) is 16.4. The van der Waals surface area contributed by atoms with Crippen LogP contribution in [-0.4, -0.2) is 19.1 Å². The molecule has 0 bridgehead atoms. The number of para-hydroxylation sites is 1. The molecule has 2 N–H and O–H groups in total. The molecule has 1 spiro atoms. The summed E-state index contributed by atoms with van der Waals surface area (Å²) in [5.74, 6) is -0.231. The largest absolute Gasteiger partial charge is 0.462 e. The van der Waals surface area contributed by atoms with Crippen molar-refractivity contribution in [2.45, 2.75) is 38.6 Å². The fourth-order valence-electron chi connectivity index (χ4n) is 5.23. The molecule has 0 aromatic heterocycles. The molecule has 138 valence electrons. The third kappa shape index (κ3) is 2.01. The Morgan fingerprint density at radius 1 is 1.26 bits per heavy atom. The molecule has 2 aromatic carbocycles. The van der Waals surface area contributed by atoms with Gasteiger partial charge in [0, 0.05) is 17.9 Å². The van der Waals surface area contributed by atoms with Crippen molar-refractivity contribution < 1.29 is 9.53 Å². The van der Waals surface area contributed by atoms with Crippen LogP contribution in [0.25, 0.3) is 5.57 Å². The van der Waals surface area contributed by atoms with Crippen LogP contribution < -0.4 is 10.6 Å². The van der Waals surface area contributed by atoms with Crippen molar-refractivity contribution in [2.75, 3.05) is 18.5 Å². The molecule has 0 unspecified atom stereocenters. The molecule has 2 atom stereocenters. The molecule has 2 aromatic rings. The van der Waals surface area contributed by atoms with Gasteiger partial charge in [0.25, 0.3) is 0 Å².